The van der Waals surface area contributed by atoms with Crippen LogP contribution in [0.3, 0.4) is 0 Å². The average Bonchev–Trinajstić information content (AvgIpc) is 1.99. The highest BCUT2D eigenvalue weighted by molar-refractivity contribution is 7.86. The van der Waals surface area contributed by atoms with Crippen LogP contribution in [0.1, 0.15) is 32.1 Å². The lowest BCUT2D eigenvalue weighted by atomic mass is 9.63. The van der Waals surface area contributed by atoms with E-state index in [0.29, 0.717) is 6.61 Å². The van der Waals surface area contributed by atoms with Gasteiger partial charge < -0.3 is 4.74 Å². The smallest absolute Gasteiger partial charge is 0.304 e. The molecule has 0 bridgehead atoms. The third-order valence-corrected chi connectivity index (χ3v) is 4.22. The Balaban J connectivity index is 1.94. The van der Waals surface area contributed by atoms with Crippen molar-refractivity contribution in [1.82, 2.24) is 0 Å². The molecule has 1 saturated heterocycles. The second-order valence-corrected chi connectivity index (χ2v) is 5.92. The Morgan fingerprint density at radius 3 is 2.57 bits per heavy atom. The van der Waals surface area contributed by atoms with Crippen molar-refractivity contribution in [2.75, 3.05) is 12.4 Å². The van der Waals surface area contributed by atoms with Crippen molar-refractivity contribution >= 4 is 10.2 Å². The van der Waals surface area contributed by atoms with Gasteiger partial charge in [-0.15, -0.1) is 3.89 Å². The van der Waals surface area contributed by atoms with E-state index in [1.807, 2.05) is 0 Å². The van der Waals surface area contributed by atoms with E-state index < -0.39 is 22.1 Å². The second kappa shape index (κ2) is 3.45. The molecular weight excluding hydrogens is 207 g/mol. The molecule has 0 aromatic carbocycles. The number of ether oxygens (including phenoxy) is 1. The van der Waals surface area contributed by atoms with Gasteiger partial charge in [-0.1, -0.05) is 6.42 Å². The van der Waals surface area contributed by atoms with Crippen molar-refractivity contribution < 1.29 is 17.0 Å². The molecule has 3 nitrogen and oxygen atoms in total. The first-order chi connectivity index (χ1) is 6.49. The molecular formula is C9H15FO3S. The average molecular weight is 222 g/mol. The van der Waals surface area contributed by atoms with E-state index in [0.717, 1.165) is 25.7 Å². The minimum atomic E-state index is -4.38. The monoisotopic (exact) mass is 222 g/mol. The molecule has 0 aromatic rings. The predicted molar refractivity (Wildman–Crippen MR) is 50.2 cm³/mol. The molecule has 1 heterocycles. The number of halogens is 1. The molecule has 1 saturated carbocycles. The van der Waals surface area contributed by atoms with Crippen LogP contribution in [0.25, 0.3) is 0 Å². The van der Waals surface area contributed by atoms with Crippen LogP contribution >= 0.6 is 0 Å². The Morgan fingerprint density at radius 2 is 2.07 bits per heavy atom. The minimum absolute atomic E-state index is 0.285. The second-order valence-electron chi connectivity index (χ2n) is 4.51. The number of hydrogen-bond donors (Lipinski definition) is 0. The third kappa shape index (κ3) is 2.25. The van der Waals surface area contributed by atoms with Gasteiger partial charge in [0, 0.05) is 6.61 Å². The van der Waals surface area contributed by atoms with Gasteiger partial charge in [-0.3, -0.25) is 0 Å². The Kier molecular flexibility index (Phi) is 2.55. The maximum Gasteiger partial charge on any atom is 0.304 e. The summed E-state index contributed by atoms with van der Waals surface area (Å²) in [5.74, 6) is -0.464. The van der Waals surface area contributed by atoms with Crippen LogP contribution in [0.4, 0.5) is 3.89 Å². The van der Waals surface area contributed by atoms with Crippen LogP contribution in [-0.2, 0) is 15.0 Å². The van der Waals surface area contributed by atoms with Gasteiger partial charge in [0.15, 0.2) is 0 Å². The summed E-state index contributed by atoms with van der Waals surface area (Å²) in [7, 11) is -4.38. The highest BCUT2D eigenvalue weighted by Gasteiger charge is 2.42. The van der Waals surface area contributed by atoms with Gasteiger partial charge in [0.25, 0.3) is 0 Å². The lowest BCUT2D eigenvalue weighted by molar-refractivity contribution is -0.0705. The summed E-state index contributed by atoms with van der Waals surface area (Å²) < 4.78 is 38.6. The van der Waals surface area contributed by atoms with E-state index in [9.17, 15) is 12.3 Å². The maximum absolute atomic E-state index is 12.4. The summed E-state index contributed by atoms with van der Waals surface area (Å²) in [6.07, 6.45) is 4.83. The SMILES string of the molecule is O=S(=O)(F)CC1CC2(CCC2)CCO1. The summed E-state index contributed by atoms with van der Waals surface area (Å²) in [5.41, 5.74) is 0.285. The van der Waals surface area contributed by atoms with E-state index in [1.165, 1.54) is 6.42 Å². The van der Waals surface area contributed by atoms with Gasteiger partial charge in [-0.25, -0.2) is 0 Å². The van der Waals surface area contributed by atoms with Gasteiger partial charge in [0.2, 0.25) is 0 Å². The molecule has 0 amide bonds. The van der Waals surface area contributed by atoms with Crippen molar-refractivity contribution in [3.63, 3.8) is 0 Å². The standard InChI is InChI=1S/C9H15FO3S/c10-14(11,12)7-8-6-9(2-1-3-9)4-5-13-8/h8H,1-7H2. The van der Waals surface area contributed by atoms with E-state index >= 15 is 0 Å². The van der Waals surface area contributed by atoms with E-state index in [4.69, 9.17) is 4.74 Å². The highest BCUT2D eigenvalue weighted by atomic mass is 32.3. The molecule has 1 unspecified atom stereocenters. The fourth-order valence-electron chi connectivity index (χ4n) is 2.55. The molecule has 82 valence electrons. The Morgan fingerprint density at radius 1 is 1.36 bits per heavy atom. The van der Waals surface area contributed by atoms with Crippen molar-refractivity contribution in [3.8, 4) is 0 Å². The molecule has 2 rings (SSSR count). The normalized spacial score (nSPS) is 31.4. The van der Waals surface area contributed by atoms with Gasteiger partial charge in [-0.05, 0) is 31.1 Å². The first kappa shape index (κ1) is 10.4. The Hall–Kier alpha value is -0.160. The first-order valence-corrected chi connectivity index (χ1v) is 6.58. The van der Waals surface area contributed by atoms with Crippen LogP contribution in [0.5, 0.6) is 0 Å². The zero-order valence-corrected chi connectivity index (χ0v) is 8.85. The zero-order valence-electron chi connectivity index (χ0n) is 8.04. The van der Waals surface area contributed by atoms with Crippen LogP contribution < -0.4 is 0 Å². The summed E-state index contributed by atoms with van der Waals surface area (Å²) in [4.78, 5) is 0. The minimum Gasteiger partial charge on any atom is -0.377 e. The van der Waals surface area contributed by atoms with Crippen LogP contribution in [-0.4, -0.2) is 26.9 Å². The summed E-state index contributed by atoms with van der Waals surface area (Å²) in [5, 5.41) is 0. The maximum atomic E-state index is 12.4. The molecule has 14 heavy (non-hydrogen) atoms. The van der Waals surface area contributed by atoms with Crippen LogP contribution in [0.15, 0.2) is 0 Å². The molecule has 2 fully saturated rings. The summed E-state index contributed by atoms with van der Waals surface area (Å²) in [6, 6.07) is 0. The number of hydrogen-bond acceptors (Lipinski definition) is 3. The summed E-state index contributed by atoms with van der Waals surface area (Å²) >= 11 is 0. The van der Waals surface area contributed by atoms with Gasteiger partial charge >= 0.3 is 10.2 Å². The molecule has 2 aliphatic rings. The number of rotatable bonds is 2. The Labute approximate surface area is 83.8 Å². The first-order valence-electron chi connectivity index (χ1n) is 5.03. The molecule has 5 heteroatoms. The van der Waals surface area contributed by atoms with Crippen molar-refractivity contribution in [3.05, 3.63) is 0 Å². The molecule has 0 N–H and O–H groups in total. The van der Waals surface area contributed by atoms with Gasteiger partial charge in [0.05, 0.1) is 6.10 Å². The van der Waals surface area contributed by atoms with Crippen molar-refractivity contribution in [2.45, 2.75) is 38.2 Å². The highest BCUT2D eigenvalue weighted by Crippen LogP contribution is 2.50. The molecule has 0 radical (unpaired) electrons. The molecule has 1 aliphatic heterocycles. The quantitative estimate of drug-likeness (QED) is 0.667. The van der Waals surface area contributed by atoms with Crippen LogP contribution in [0, 0.1) is 5.41 Å². The van der Waals surface area contributed by atoms with E-state index in [1.54, 1.807) is 0 Å². The molecule has 1 atom stereocenters. The van der Waals surface area contributed by atoms with Crippen molar-refractivity contribution in [1.29, 1.82) is 0 Å². The third-order valence-electron chi connectivity index (χ3n) is 3.45. The zero-order chi connectivity index (χ0) is 10.2. The van der Waals surface area contributed by atoms with E-state index in [-0.39, 0.29) is 5.41 Å². The van der Waals surface area contributed by atoms with Crippen molar-refractivity contribution in [2.24, 2.45) is 5.41 Å². The lowest BCUT2D eigenvalue weighted by Gasteiger charge is -2.47. The fourth-order valence-corrected chi connectivity index (χ4v) is 3.20. The van der Waals surface area contributed by atoms with Crippen LogP contribution in [0.2, 0.25) is 0 Å². The lowest BCUT2D eigenvalue weighted by Crippen LogP contribution is -2.42. The van der Waals surface area contributed by atoms with Gasteiger partial charge in [0.1, 0.15) is 5.75 Å². The predicted octanol–water partition coefficient (Wildman–Crippen LogP) is 1.64. The fraction of sp³-hybridized carbons (Fsp3) is 1.00. The topological polar surface area (TPSA) is 43.4 Å². The van der Waals surface area contributed by atoms with E-state index in [2.05, 4.69) is 0 Å². The Bertz CT molecular complexity index is 308. The summed E-state index contributed by atoms with van der Waals surface area (Å²) in [6.45, 7) is 0.584. The molecule has 1 aliphatic carbocycles. The molecule has 1 spiro atoms. The molecule has 0 aromatic heterocycles. The van der Waals surface area contributed by atoms with Gasteiger partial charge in [-0.2, -0.15) is 8.42 Å². The largest absolute Gasteiger partial charge is 0.377 e.